The van der Waals surface area contributed by atoms with Crippen molar-refractivity contribution >= 4 is 5.97 Å². The zero-order chi connectivity index (χ0) is 15.8. The maximum Gasteiger partial charge on any atom is 0.311 e. The number of rotatable bonds is 7. The molecule has 0 aliphatic rings. The molecule has 0 saturated carbocycles. The van der Waals surface area contributed by atoms with E-state index in [1.165, 1.54) is 0 Å². The quantitative estimate of drug-likeness (QED) is 0.416. The smallest absolute Gasteiger partial charge is 0.311 e. The van der Waals surface area contributed by atoms with E-state index in [0.29, 0.717) is 12.2 Å². The first-order valence-corrected chi connectivity index (χ1v) is 7.68. The van der Waals surface area contributed by atoms with E-state index in [1.54, 1.807) is 7.11 Å². The maximum atomic E-state index is 11.9. The van der Waals surface area contributed by atoms with Crippen LogP contribution in [-0.4, -0.2) is 13.1 Å². The van der Waals surface area contributed by atoms with Crippen LogP contribution in [0.25, 0.3) is 11.1 Å². The van der Waals surface area contributed by atoms with Gasteiger partial charge in [-0.05, 0) is 30.2 Å². The van der Waals surface area contributed by atoms with Crippen LogP contribution in [-0.2, 0) is 4.79 Å². The monoisotopic (exact) mass is 298 g/mol. The molecular formula is C19H22O3. The Morgan fingerprint density at radius 2 is 1.86 bits per heavy atom. The number of unbranched alkanes of at least 4 members (excludes halogenated alkanes) is 2. The Bertz CT molecular complexity index is 620. The SMILES string of the molecule is CCCCCC(=O)Oc1ccccc1-c1cccc(OC)c1. The molecule has 0 amide bonds. The Balaban J connectivity index is 2.17. The van der Waals surface area contributed by atoms with Crippen molar-refractivity contribution < 1.29 is 14.3 Å². The fourth-order valence-electron chi connectivity index (χ4n) is 2.28. The number of benzene rings is 2. The zero-order valence-corrected chi connectivity index (χ0v) is 13.2. The summed E-state index contributed by atoms with van der Waals surface area (Å²) in [7, 11) is 1.64. The van der Waals surface area contributed by atoms with E-state index in [1.807, 2.05) is 48.5 Å². The lowest BCUT2D eigenvalue weighted by atomic mass is 10.0. The minimum absolute atomic E-state index is 0.177. The minimum atomic E-state index is -0.177. The molecule has 0 fully saturated rings. The molecule has 2 aromatic carbocycles. The summed E-state index contributed by atoms with van der Waals surface area (Å²) in [5.41, 5.74) is 1.86. The van der Waals surface area contributed by atoms with Crippen molar-refractivity contribution in [1.82, 2.24) is 0 Å². The summed E-state index contributed by atoms with van der Waals surface area (Å²) in [5.74, 6) is 1.20. The number of carbonyl (C=O) groups excluding carboxylic acids is 1. The van der Waals surface area contributed by atoms with E-state index < -0.39 is 0 Å². The average Bonchev–Trinajstić information content (AvgIpc) is 2.55. The van der Waals surface area contributed by atoms with Gasteiger partial charge in [-0.3, -0.25) is 4.79 Å². The van der Waals surface area contributed by atoms with Crippen molar-refractivity contribution in [3.63, 3.8) is 0 Å². The maximum absolute atomic E-state index is 11.9. The lowest BCUT2D eigenvalue weighted by Crippen LogP contribution is -2.08. The Morgan fingerprint density at radius 1 is 1.05 bits per heavy atom. The molecule has 0 radical (unpaired) electrons. The second kappa shape index (κ2) is 8.23. The molecule has 0 aromatic heterocycles. The molecule has 2 rings (SSSR count). The molecule has 116 valence electrons. The van der Waals surface area contributed by atoms with E-state index in [2.05, 4.69) is 6.92 Å². The summed E-state index contributed by atoms with van der Waals surface area (Å²) in [6, 6.07) is 15.3. The Morgan fingerprint density at radius 3 is 2.64 bits per heavy atom. The molecular weight excluding hydrogens is 276 g/mol. The van der Waals surface area contributed by atoms with E-state index in [4.69, 9.17) is 9.47 Å². The first-order valence-electron chi connectivity index (χ1n) is 7.68. The van der Waals surface area contributed by atoms with Gasteiger partial charge in [-0.25, -0.2) is 0 Å². The van der Waals surface area contributed by atoms with Crippen LogP contribution in [0.2, 0.25) is 0 Å². The van der Waals surface area contributed by atoms with E-state index in [-0.39, 0.29) is 5.97 Å². The highest BCUT2D eigenvalue weighted by molar-refractivity contribution is 5.78. The van der Waals surface area contributed by atoms with Gasteiger partial charge in [-0.15, -0.1) is 0 Å². The molecule has 0 heterocycles. The summed E-state index contributed by atoms with van der Waals surface area (Å²) in [6.45, 7) is 2.11. The molecule has 0 bridgehead atoms. The van der Waals surface area contributed by atoms with Gasteiger partial charge in [0, 0.05) is 12.0 Å². The summed E-state index contributed by atoms with van der Waals surface area (Å²) < 4.78 is 10.8. The highest BCUT2D eigenvalue weighted by atomic mass is 16.5. The highest BCUT2D eigenvalue weighted by Crippen LogP contribution is 2.32. The van der Waals surface area contributed by atoms with Gasteiger partial charge in [0.1, 0.15) is 11.5 Å². The summed E-state index contributed by atoms with van der Waals surface area (Å²) >= 11 is 0. The molecule has 0 unspecified atom stereocenters. The largest absolute Gasteiger partial charge is 0.497 e. The zero-order valence-electron chi connectivity index (χ0n) is 13.2. The van der Waals surface area contributed by atoms with Gasteiger partial charge >= 0.3 is 5.97 Å². The first-order chi connectivity index (χ1) is 10.7. The molecule has 0 N–H and O–H groups in total. The average molecular weight is 298 g/mol. The van der Waals surface area contributed by atoms with Crippen molar-refractivity contribution in [2.24, 2.45) is 0 Å². The van der Waals surface area contributed by atoms with Crippen molar-refractivity contribution in [2.75, 3.05) is 7.11 Å². The van der Waals surface area contributed by atoms with Crippen molar-refractivity contribution in [3.8, 4) is 22.6 Å². The topological polar surface area (TPSA) is 35.5 Å². The standard InChI is InChI=1S/C19H22O3/c1-3-4-5-13-19(20)22-18-12-7-6-11-17(18)15-9-8-10-16(14-15)21-2/h6-12,14H,3-5,13H2,1-2H3. The van der Waals surface area contributed by atoms with Crippen LogP contribution in [0.4, 0.5) is 0 Å². The second-order valence-electron chi connectivity index (χ2n) is 5.16. The molecule has 22 heavy (non-hydrogen) atoms. The van der Waals surface area contributed by atoms with Gasteiger partial charge in [-0.2, -0.15) is 0 Å². The lowest BCUT2D eigenvalue weighted by Gasteiger charge is -2.11. The van der Waals surface area contributed by atoms with Gasteiger partial charge in [0.05, 0.1) is 7.11 Å². The molecule has 0 aliphatic heterocycles. The normalized spacial score (nSPS) is 10.3. The highest BCUT2D eigenvalue weighted by Gasteiger charge is 2.10. The van der Waals surface area contributed by atoms with Crippen LogP contribution < -0.4 is 9.47 Å². The number of methoxy groups -OCH3 is 1. The number of ether oxygens (including phenoxy) is 2. The fourth-order valence-corrected chi connectivity index (χ4v) is 2.28. The van der Waals surface area contributed by atoms with Gasteiger partial charge in [-0.1, -0.05) is 50.1 Å². The van der Waals surface area contributed by atoms with Crippen LogP contribution in [0.15, 0.2) is 48.5 Å². The Labute approximate surface area is 131 Å². The fraction of sp³-hybridized carbons (Fsp3) is 0.316. The van der Waals surface area contributed by atoms with Crippen LogP contribution in [0.3, 0.4) is 0 Å². The van der Waals surface area contributed by atoms with Gasteiger partial charge in [0.15, 0.2) is 0 Å². The predicted octanol–water partition coefficient (Wildman–Crippen LogP) is 4.85. The van der Waals surface area contributed by atoms with E-state index in [0.717, 1.165) is 36.1 Å². The molecule has 3 nitrogen and oxygen atoms in total. The third-order valence-electron chi connectivity index (χ3n) is 3.48. The summed E-state index contributed by atoms with van der Waals surface area (Å²) in [6.07, 6.45) is 3.47. The van der Waals surface area contributed by atoms with Crippen LogP contribution in [0, 0.1) is 0 Å². The van der Waals surface area contributed by atoms with Gasteiger partial charge in [0.2, 0.25) is 0 Å². The van der Waals surface area contributed by atoms with Gasteiger partial charge in [0.25, 0.3) is 0 Å². The third-order valence-corrected chi connectivity index (χ3v) is 3.48. The lowest BCUT2D eigenvalue weighted by molar-refractivity contribution is -0.134. The number of esters is 1. The van der Waals surface area contributed by atoms with Crippen LogP contribution in [0.5, 0.6) is 11.5 Å². The molecule has 0 aliphatic carbocycles. The van der Waals surface area contributed by atoms with E-state index >= 15 is 0 Å². The Hall–Kier alpha value is -2.29. The van der Waals surface area contributed by atoms with E-state index in [9.17, 15) is 4.79 Å². The minimum Gasteiger partial charge on any atom is -0.497 e. The summed E-state index contributed by atoms with van der Waals surface area (Å²) in [4.78, 5) is 11.9. The first kappa shape index (κ1) is 16.1. The van der Waals surface area contributed by atoms with Crippen LogP contribution in [0.1, 0.15) is 32.6 Å². The molecule has 0 saturated heterocycles. The second-order valence-corrected chi connectivity index (χ2v) is 5.16. The summed E-state index contributed by atoms with van der Waals surface area (Å²) in [5, 5.41) is 0. The third kappa shape index (κ3) is 4.35. The number of hydrogen-bond donors (Lipinski definition) is 0. The number of carbonyl (C=O) groups is 1. The Kier molecular flexibility index (Phi) is 6.01. The predicted molar refractivity (Wildman–Crippen MR) is 88.2 cm³/mol. The molecule has 0 spiro atoms. The number of para-hydroxylation sites is 1. The number of hydrogen-bond acceptors (Lipinski definition) is 3. The molecule has 0 atom stereocenters. The molecule has 2 aromatic rings. The van der Waals surface area contributed by atoms with Gasteiger partial charge < -0.3 is 9.47 Å². The van der Waals surface area contributed by atoms with Crippen molar-refractivity contribution in [2.45, 2.75) is 32.6 Å². The van der Waals surface area contributed by atoms with Crippen LogP contribution >= 0.6 is 0 Å². The van der Waals surface area contributed by atoms with Crippen molar-refractivity contribution in [1.29, 1.82) is 0 Å². The molecule has 3 heteroatoms. The van der Waals surface area contributed by atoms with Crippen molar-refractivity contribution in [3.05, 3.63) is 48.5 Å².